The number of ether oxygens (including phenoxy) is 2. The van der Waals surface area contributed by atoms with Crippen molar-refractivity contribution in [2.45, 2.75) is 83.9 Å². The second-order valence-corrected chi connectivity index (χ2v) is 12.4. The van der Waals surface area contributed by atoms with Crippen molar-refractivity contribution in [3.05, 3.63) is 52.8 Å². The van der Waals surface area contributed by atoms with Crippen molar-refractivity contribution in [2.24, 2.45) is 5.92 Å². The van der Waals surface area contributed by atoms with E-state index < -0.39 is 23.8 Å². The van der Waals surface area contributed by atoms with Gasteiger partial charge in [0.05, 0.1) is 19.1 Å². The predicted octanol–water partition coefficient (Wildman–Crippen LogP) is 4.45. The van der Waals surface area contributed by atoms with E-state index in [1.807, 2.05) is 4.90 Å². The molecule has 2 saturated heterocycles. The maximum absolute atomic E-state index is 14.4. The number of nitrogens with zero attached hydrogens (tertiary/aromatic N) is 3. The Bertz CT molecular complexity index is 1410. The molecule has 0 saturated carbocycles. The topological polar surface area (TPSA) is 120 Å². The molecule has 2 amide bonds. The molecule has 3 heterocycles. The van der Waals surface area contributed by atoms with Gasteiger partial charge in [-0.3, -0.25) is 19.3 Å². The zero-order chi connectivity index (χ0) is 32.2. The van der Waals surface area contributed by atoms with Gasteiger partial charge in [0.1, 0.15) is 5.82 Å². The molecule has 2 aromatic carbocycles. The summed E-state index contributed by atoms with van der Waals surface area (Å²) in [5.74, 6) is -2.16. The first-order chi connectivity index (χ1) is 21.7. The number of rotatable bonds is 13. The number of anilines is 1. The number of likely N-dealkylation sites (tertiary alicyclic amines) is 2. The Hall–Kier alpha value is -3.70. The van der Waals surface area contributed by atoms with Gasteiger partial charge in [-0.05, 0) is 67.6 Å². The number of carbonyl (C=O) groups excluding carboxylic acids is 2. The van der Waals surface area contributed by atoms with Gasteiger partial charge in [-0.2, -0.15) is 0 Å². The molecule has 45 heavy (non-hydrogen) atoms. The molecule has 0 aromatic heterocycles. The predicted molar refractivity (Wildman–Crippen MR) is 166 cm³/mol. The second kappa shape index (κ2) is 14.2. The van der Waals surface area contributed by atoms with E-state index in [0.717, 1.165) is 25.7 Å². The molecule has 0 bridgehead atoms. The van der Waals surface area contributed by atoms with Gasteiger partial charge in [0.25, 0.3) is 0 Å². The fraction of sp³-hybridized carbons (Fsp3) is 0.559. The fourth-order valence-electron chi connectivity index (χ4n) is 7.27. The molecular weight excluding hydrogens is 581 g/mol. The maximum Gasteiger partial charge on any atom is 0.308 e. The van der Waals surface area contributed by atoms with Crippen LogP contribution in [0.2, 0.25) is 0 Å². The van der Waals surface area contributed by atoms with Crippen LogP contribution in [0, 0.1) is 18.7 Å². The number of aliphatic carboxylic acids is 1. The maximum atomic E-state index is 14.4. The highest BCUT2D eigenvalue weighted by atomic mass is 19.1. The second-order valence-electron chi connectivity index (χ2n) is 12.4. The van der Waals surface area contributed by atoms with Gasteiger partial charge in [0.2, 0.25) is 18.6 Å². The molecule has 2 N–H and O–H groups in total. The standard InChI is InChI=1S/C34H44FN3O7/c1-4-7-24(8-5-2)38(25-10-11-27(35)21(3)13-25)31(41)18-37-16-26(22-14-23(19-39)33-29(15-22)44-20-45-33)32(34(42)43)28(37)17-36-12-6-9-30(36)40/h10-11,13-15,24,26,28,32,39H,4-9,12,16-20H2,1-3H3,(H,42,43)/t26-,28+,32-/m1/s1. The van der Waals surface area contributed by atoms with E-state index in [9.17, 15) is 29.0 Å². The number of aliphatic hydroxyl groups is 1. The first kappa shape index (κ1) is 32.7. The van der Waals surface area contributed by atoms with Crippen molar-refractivity contribution in [2.75, 3.05) is 37.9 Å². The average Bonchev–Trinajstić information content (AvgIpc) is 3.74. The summed E-state index contributed by atoms with van der Waals surface area (Å²) in [6, 6.07) is 7.49. The molecule has 3 aliphatic rings. The normalized spacial score (nSPS) is 21.2. The molecule has 5 rings (SSSR count). The number of aliphatic hydroxyl groups excluding tert-OH is 1. The van der Waals surface area contributed by atoms with Crippen LogP contribution in [0.4, 0.5) is 10.1 Å². The molecule has 2 fully saturated rings. The lowest BCUT2D eigenvalue weighted by Crippen LogP contribution is -2.51. The Labute approximate surface area is 263 Å². The van der Waals surface area contributed by atoms with Crippen LogP contribution in [0.1, 0.15) is 75.0 Å². The highest BCUT2D eigenvalue weighted by molar-refractivity contribution is 5.95. The summed E-state index contributed by atoms with van der Waals surface area (Å²) in [5, 5.41) is 20.7. The number of carboxylic acids is 1. The van der Waals surface area contributed by atoms with E-state index in [4.69, 9.17) is 9.47 Å². The Balaban J connectivity index is 1.52. The monoisotopic (exact) mass is 625 g/mol. The van der Waals surface area contributed by atoms with Crippen LogP contribution in [-0.2, 0) is 21.0 Å². The number of amides is 2. The van der Waals surface area contributed by atoms with Crippen molar-refractivity contribution in [1.29, 1.82) is 0 Å². The first-order valence-corrected chi connectivity index (χ1v) is 16.0. The van der Waals surface area contributed by atoms with Crippen LogP contribution in [0.3, 0.4) is 0 Å². The zero-order valence-corrected chi connectivity index (χ0v) is 26.3. The zero-order valence-electron chi connectivity index (χ0n) is 26.3. The highest BCUT2D eigenvalue weighted by Crippen LogP contribution is 2.44. The summed E-state index contributed by atoms with van der Waals surface area (Å²) in [4.78, 5) is 45.5. The first-order valence-electron chi connectivity index (χ1n) is 16.0. The number of halogens is 1. The average molecular weight is 626 g/mol. The number of aryl methyl sites for hydroxylation is 1. The van der Waals surface area contributed by atoms with Crippen LogP contribution in [0.15, 0.2) is 30.3 Å². The molecule has 2 aromatic rings. The van der Waals surface area contributed by atoms with E-state index in [0.29, 0.717) is 53.3 Å². The molecule has 0 spiro atoms. The number of fused-ring (bicyclic) bond motifs is 1. The van der Waals surface area contributed by atoms with Crippen LogP contribution < -0.4 is 14.4 Å². The van der Waals surface area contributed by atoms with Crippen molar-refractivity contribution < 1.29 is 38.5 Å². The Morgan fingerprint density at radius 2 is 1.89 bits per heavy atom. The smallest absolute Gasteiger partial charge is 0.308 e. The van der Waals surface area contributed by atoms with Crippen LogP contribution >= 0.6 is 0 Å². The Morgan fingerprint density at radius 1 is 1.13 bits per heavy atom. The fourth-order valence-corrected chi connectivity index (χ4v) is 7.27. The highest BCUT2D eigenvalue weighted by Gasteiger charge is 2.49. The summed E-state index contributed by atoms with van der Waals surface area (Å²) in [6.07, 6.45) is 4.38. The summed E-state index contributed by atoms with van der Waals surface area (Å²) in [6.45, 7) is 6.44. The van der Waals surface area contributed by atoms with E-state index in [1.54, 1.807) is 41.0 Å². The Kier molecular flexibility index (Phi) is 10.3. The number of benzene rings is 2. The van der Waals surface area contributed by atoms with Crippen LogP contribution in [0.5, 0.6) is 11.5 Å². The van der Waals surface area contributed by atoms with E-state index in [1.165, 1.54) is 6.07 Å². The van der Waals surface area contributed by atoms with E-state index >= 15 is 0 Å². The van der Waals surface area contributed by atoms with E-state index in [-0.39, 0.29) is 56.7 Å². The molecule has 0 aliphatic carbocycles. The van der Waals surface area contributed by atoms with Gasteiger partial charge in [-0.25, -0.2) is 4.39 Å². The number of hydrogen-bond donors (Lipinski definition) is 2. The number of carbonyl (C=O) groups is 3. The molecule has 11 heteroatoms. The van der Waals surface area contributed by atoms with Crippen molar-refractivity contribution in [3.63, 3.8) is 0 Å². The van der Waals surface area contributed by atoms with E-state index in [2.05, 4.69) is 13.8 Å². The van der Waals surface area contributed by atoms with Crippen LogP contribution in [-0.4, -0.2) is 82.9 Å². The van der Waals surface area contributed by atoms with Gasteiger partial charge >= 0.3 is 5.97 Å². The molecule has 0 unspecified atom stereocenters. The quantitative estimate of drug-likeness (QED) is 0.335. The third kappa shape index (κ3) is 6.79. The van der Waals surface area contributed by atoms with Crippen molar-refractivity contribution in [3.8, 4) is 11.5 Å². The lowest BCUT2D eigenvalue weighted by Gasteiger charge is -2.35. The third-order valence-electron chi connectivity index (χ3n) is 9.42. The molecule has 0 radical (unpaired) electrons. The Morgan fingerprint density at radius 3 is 2.51 bits per heavy atom. The molecule has 10 nitrogen and oxygen atoms in total. The summed E-state index contributed by atoms with van der Waals surface area (Å²) < 4.78 is 25.4. The minimum absolute atomic E-state index is 0.00845. The third-order valence-corrected chi connectivity index (χ3v) is 9.42. The number of carboxylic acid groups (broad SMARTS) is 1. The van der Waals surface area contributed by atoms with Gasteiger partial charge in [0.15, 0.2) is 11.5 Å². The minimum atomic E-state index is -1.02. The number of hydrogen-bond acceptors (Lipinski definition) is 7. The largest absolute Gasteiger partial charge is 0.481 e. The van der Waals surface area contributed by atoms with Gasteiger partial charge in [0, 0.05) is 55.3 Å². The summed E-state index contributed by atoms with van der Waals surface area (Å²) in [7, 11) is 0. The molecule has 3 aliphatic heterocycles. The van der Waals surface area contributed by atoms with Gasteiger partial charge in [-0.1, -0.05) is 26.7 Å². The van der Waals surface area contributed by atoms with Gasteiger partial charge < -0.3 is 29.5 Å². The molecular formula is C34H44FN3O7. The van der Waals surface area contributed by atoms with Crippen molar-refractivity contribution in [1.82, 2.24) is 9.80 Å². The summed E-state index contributed by atoms with van der Waals surface area (Å²) in [5.41, 5.74) is 2.23. The van der Waals surface area contributed by atoms with Gasteiger partial charge in [-0.15, -0.1) is 0 Å². The minimum Gasteiger partial charge on any atom is -0.481 e. The lowest BCUT2D eigenvalue weighted by molar-refractivity contribution is -0.144. The summed E-state index contributed by atoms with van der Waals surface area (Å²) >= 11 is 0. The SMILES string of the molecule is CCCC(CCC)N(C(=O)CN1C[C@H](c2cc(CO)c3c(c2)OCO3)[C@@H](C(=O)O)[C@@H]1CN1CCCC1=O)c1ccc(F)c(C)c1. The lowest BCUT2D eigenvalue weighted by atomic mass is 9.84. The molecule has 3 atom stereocenters. The van der Waals surface area contributed by atoms with Crippen molar-refractivity contribution >= 4 is 23.5 Å². The molecule has 244 valence electrons. The van der Waals surface area contributed by atoms with Crippen LogP contribution in [0.25, 0.3) is 0 Å².